The highest BCUT2D eigenvalue weighted by molar-refractivity contribution is 9.10. The van der Waals surface area contributed by atoms with Crippen LogP contribution in [0.15, 0.2) is 36.0 Å². The fourth-order valence-electron chi connectivity index (χ4n) is 0.746. The van der Waals surface area contributed by atoms with Gasteiger partial charge in [0.2, 0.25) is 0 Å². The molecule has 0 fully saturated rings. The number of carbonyl (C=O) groups excluding carboxylic acids is 1. The third-order valence-corrected chi connectivity index (χ3v) is 2.14. The van der Waals surface area contributed by atoms with Crippen molar-refractivity contribution in [3.8, 4) is 6.07 Å². The zero-order valence-corrected chi connectivity index (χ0v) is 7.78. The fraction of sp³-hybridized carbons (Fsp3) is 0.111. The van der Waals surface area contributed by atoms with Gasteiger partial charge < -0.3 is 0 Å². The minimum absolute atomic E-state index is 0.0490. The molecule has 1 rings (SSSR count). The number of hydrogen-bond donors (Lipinski definition) is 0. The monoisotopic (exact) mass is 223 g/mol. The van der Waals surface area contributed by atoms with Crippen LogP contribution in [0.1, 0.15) is 0 Å². The summed E-state index contributed by atoms with van der Waals surface area (Å²) in [5.74, 6) is -0.0490. The van der Waals surface area contributed by atoms with E-state index in [1.165, 1.54) is 12.2 Å². The van der Waals surface area contributed by atoms with Crippen molar-refractivity contribution in [2.24, 2.45) is 0 Å². The molecule has 0 aliphatic heterocycles. The fourth-order valence-corrected chi connectivity index (χ4v) is 1.07. The van der Waals surface area contributed by atoms with E-state index in [4.69, 9.17) is 5.26 Å². The van der Waals surface area contributed by atoms with Gasteiger partial charge in [0.25, 0.3) is 0 Å². The van der Waals surface area contributed by atoms with E-state index in [0.717, 1.165) is 0 Å². The zero-order valence-electron chi connectivity index (χ0n) is 6.20. The minimum atomic E-state index is -0.273. The van der Waals surface area contributed by atoms with Gasteiger partial charge in [0.15, 0.2) is 5.78 Å². The number of carbonyl (C=O) groups is 1. The summed E-state index contributed by atoms with van der Waals surface area (Å²) in [6, 6.07) is 1.96. The van der Waals surface area contributed by atoms with E-state index in [1.54, 1.807) is 18.2 Å². The van der Waals surface area contributed by atoms with E-state index in [1.807, 2.05) is 6.07 Å². The van der Waals surface area contributed by atoms with Gasteiger partial charge in [0.1, 0.15) is 0 Å². The molecule has 0 saturated heterocycles. The molecule has 1 aliphatic rings. The third kappa shape index (κ3) is 2.18. The molecule has 1 atom stereocenters. The SMILES string of the molecule is N#CC1=C\C=C\C(Br)C(=O)\C=C\1. The number of allylic oxidation sites excluding steroid dienone is 6. The van der Waals surface area contributed by atoms with E-state index >= 15 is 0 Å². The van der Waals surface area contributed by atoms with Gasteiger partial charge in [-0.25, -0.2) is 0 Å². The lowest BCUT2D eigenvalue weighted by Gasteiger charge is -1.99. The molecular formula is C9H6BrNO. The van der Waals surface area contributed by atoms with Gasteiger partial charge in [0, 0.05) is 0 Å². The van der Waals surface area contributed by atoms with Gasteiger partial charge in [-0.1, -0.05) is 28.1 Å². The molecule has 0 amide bonds. The Labute approximate surface area is 79.0 Å². The number of ketones is 1. The van der Waals surface area contributed by atoms with Gasteiger partial charge in [-0.15, -0.1) is 0 Å². The Morgan fingerprint density at radius 3 is 2.92 bits per heavy atom. The second kappa shape index (κ2) is 4.03. The number of nitriles is 1. The van der Waals surface area contributed by atoms with Crippen LogP contribution < -0.4 is 0 Å². The lowest BCUT2D eigenvalue weighted by Crippen LogP contribution is -2.07. The number of halogens is 1. The van der Waals surface area contributed by atoms with Crippen molar-refractivity contribution in [2.75, 3.05) is 0 Å². The molecule has 12 heavy (non-hydrogen) atoms. The highest BCUT2D eigenvalue weighted by Gasteiger charge is 2.08. The molecule has 0 saturated carbocycles. The first-order valence-corrected chi connectivity index (χ1v) is 4.30. The van der Waals surface area contributed by atoms with Gasteiger partial charge in [-0.2, -0.15) is 5.26 Å². The first kappa shape index (κ1) is 8.95. The van der Waals surface area contributed by atoms with Crippen molar-refractivity contribution >= 4 is 21.7 Å². The molecular weight excluding hydrogens is 218 g/mol. The molecule has 1 unspecified atom stereocenters. The Bertz CT molecular complexity index is 320. The Morgan fingerprint density at radius 2 is 2.25 bits per heavy atom. The molecule has 2 nitrogen and oxygen atoms in total. The summed E-state index contributed by atoms with van der Waals surface area (Å²) in [6.45, 7) is 0. The second-order valence-electron chi connectivity index (χ2n) is 2.26. The second-order valence-corrected chi connectivity index (χ2v) is 3.24. The van der Waals surface area contributed by atoms with Gasteiger partial charge >= 0.3 is 0 Å². The molecule has 3 heteroatoms. The van der Waals surface area contributed by atoms with E-state index in [0.29, 0.717) is 5.57 Å². The summed E-state index contributed by atoms with van der Waals surface area (Å²) in [5, 5.41) is 8.53. The highest BCUT2D eigenvalue weighted by Crippen LogP contribution is 2.08. The molecule has 0 bridgehead atoms. The van der Waals surface area contributed by atoms with E-state index in [2.05, 4.69) is 15.9 Å². The largest absolute Gasteiger partial charge is 0.293 e. The molecule has 0 aromatic rings. The van der Waals surface area contributed by atoms with Crippen LogP contribution in [0.3, 0.4) is 0 Å². The quantitative estimate of drug-likeness (QED) is 0.589. The smallest absolute Gasteiger partial charge is 0.173 e. The van der Waals surface area contributed by atoms with Gasteiger partial charge in [-0.3, -0.25) is 4.79 Å². The first-order valence-electron chi connectivity index (χ1n) is 3.38. The summed E-state index contributed by atoms with van der Waals surface area (Å²) in [6.07, 6.45) is 7.97. The van der Waals surface area contributed by atoms with Crippen molar-refractivity contribution in [2.45, 2.75) is 4.83 Å². The van der Waals surface area contributed by atoms with Crippen molar-refractivity contribution in [3.63, 3.8) is 0 Å². The molecule has 0 N–H and O–H groups in total. The summed E-state index contributed by atoms with van der Waals surface area (Å²) in [4.78, 5) is 10.8. The number of hydrogen-bond acceptors (Lipinski definition) is 2. The summed E-state index contributed by atoms with van der Waals surface area (Å²) < 4.78 is 0. The Balaban J connectivity index is 2.97. The Morgan fingerprint density at radius 1 is 1.50 bits per heavy atom. The third-order valence-electron chi connectivity index (χ3n) is 1.38. The maximum Gasteiger partial charge on any atom is 0.173 e. The Hall–Kier alpha value is -1.14. The summed E-state index contributed by atoms with van der Waals surface area (Å²) in [7, 11) is 0. The molecule has 0 spiro atoms. The summed E-state index contributed by atoms with van der Waals surface area (Å²) >= 11 is 3.18. The number of nitrogens with zero attached hydrogens (tertiary/aromatic N) is 1. The molecule has 60 valence electrons. The van der Waals surface area contributed by atoms with E-state index in [-0.39, 0.29) is 10.6 Å². The minimum Gasteiger partial charge on any atom is -0.293 e. The normalized spacial score (nSPS) is 32.2. The molecule has 0 radical (unpaired) electrons. The van der Waals surface area contributed by atoms with Crippen LogP contribution >= 0.6 is 15.9 Å². The average Bonchev–Trinajstić information content (AvgIpc) is 2.07. The van der Waals surface area contributed by atoms with Crippen LogP contribution in [0, 0.1) is 11.3 Å². The van der Waals surface area contributed by atoms with Crippen LogP contribution in [0.5, 0.6) is 0 Å². The zero-order chi connectivity index (χ0) is 8.97. The first-order chi connectivity index (χ1) is 5.74. The lowest BCUT2D eigenvalue weighted by atomic mass is 10.1. The summed E-state index contributed by atoms with van der Waals surface area (Å²) in [5.41, 5.74) is 0.485. The maximum absolute atomic E-state index is 11.1. The van der Waals surface area contributed by atoms with Gasteiger partial charge in [0.05, 0.1) is 16.5 Å². The Kier molecular flexibility index (Phi) is 3.01. The highest BCUT2D eigenvalue weighted by atomic mass is 79.9. The number of alkyl halides is 1. The van der Waals surface area contributed by atoms with Crippen molar-refractivity contribution in [1.29, 1.82) is 5.26 Å². The van der Waals surface area contributed by atoms with Crippen LogP contribution in [0.4, 0.5) is 0 Å². The van der Waals surface area contributed by atoms with Crippen LogP contribution in [-0.4, -0.2) is 10.6 Å². The molecule has 0 aromatic heterocycles. The van der Waals surface area contributed by atoms with Crippen LogP contribution in [0.25, 0.3) is 0 Å². The lowest BCUT2D eigenvalue weighted by molar-refractivity contribution is -0.113. The van der Waals surface area contributed by atoms with E-state index < -0.39 is 0 Å². The molecule has 1 aliphatic carbocycles. The van der Waals surface area contributed by atoms with Crippen molar-refractivity contribution < 1.29 is 4.79 Å². The maximum atomic E-state index is 11.1. The standard InChI is InChI=1S/C9H6BrNO/c10-8-3-1-2-7(6-11)4-5-9(8)12/h1-5,8H/b3-1+,5-4+,7-2-. The van der Waals surface area contributed by atoms with Crippen molar-refractivity contribution in [3.05, 3.63) is 36.0 Å². The predicted octanol–water partition coefficient (Wildman–Crippen LogP) is 1.89. The topological polar surface area (TPSA) is 40.9 Å². The molecule has 0 aromatic carbocycles. The molecule has 0 heterocycles. The van der Waals surface area contributed by atoms with E-state index in [9.17, 15) is 4.79 Å². The van der Waals surface area contributed by atoms with Crippen LogP contribution in [0.2, 0.25) is 0 Å². The average molecular weight is 224 g/mol. The predicted molar refractivity (Wildman–Crippen MR) is 49.7 cm³/mol. The van der Waals surface area contributed by atoms with Crippen LogP contribution in [-0.2, 0) is 4.79 Å². The number of rotatable bonds is 0. The van der Waals surface area contributed by atoms with Gasteiger partial charge in [-0.05, 0) is 18.2 Å². The van der Waals surface area contributed by atoms with Crippen molar-refractivity contribution in [1.82, 2.24) is 0 Å².